The third-order valence-corrected chi connectivity index (χ3v) is 19.9. The first kappa shape index (κ1) is 19.7. The van der Waals surface area contributed by atoms with Gasteiger partial charge in [0.05, 0.1) is 0 Å². The number of aromatic nitrogens is 1. The fraction of sp³-hybridized carbons (Fsp3) is 0.700. The molecule has 134 valence electrons. The van der Waals surface area contributed by atoms with Gasteiger partial charge in [-0.25, -0.2) is 0 Å². The Labute approximate surface area is 152 Å². The van der Waals surface area contributed by atoms with Crippen molar-refractivity contribution in [3.63, 3.8) is 0 Å². The molecular formula is C20H33NO2Sn. The summed E-state index contributed by atoms with van der Waals surface area (Å²) in [6.45, 7) is 4.50. The van der Waals surface area contributed by atoms with Crippen LogP contribution in [0, 0.1) is 0 Å². The monoisotopic (exact) mass is 439 g/mol. The Kier molecular flexibility index (Phi) is 8.57. The molecule has 1 aromatic heterocycles. The normalized spacial score (nSPS) is 16.1. The molecule has 1 saturated carbocycles. The van der Waals surface area contributed by atoms with Crippen LogP contribution in [0.15, 0.2) is 24.5 Å². The van der Waals surface area contributed by atoms with E-state index in [4.69, 9.17) is 3.07 Å². The second-order valence-electron chi connectivity index (χ2n) is 7.23. The van der Waals surface area contributed by atoms with Gasteiger partial charge < -0.3 is 0 Å². The van der Waals surface area contributed by atoms with Crippen LogP contribution in [0.3, 0.4) is 0 Å². The molecule has 0 unspecified atom stereocenters. The molecule has 0 amide bonds. The van der Waals surface area contributed by atoms with Crippen LogP contribution in [0.5, 0.6) is 0 Å². The molecule has 1 aliphatic carbocycles. The van der Waals surface area contributed by atoms with Crippen molar-refractivity contribution in [2.75, 3.05) is 0 Å². The molecule has 0 N–H and O–H groups in total. The number of rotatable bonds is 9. The standard InChI is InChI=1S/C6H5NO2.C6H11.2C4H9.Sn/c8-6(9)5-1-3-7-4-2-5;1-2-4-6-5-3-1;2*1-3-4-2;/h1-4H,(H,8,9);1H,2-6H2;2*1,3-4H2,2H3;/q;;;;+1/p-1. The third-order valence-electron chi connectivity index (χ3n) is 5.47. The number of hydrogen-bond donors (Lipinski definition) is 0. The van der Waals surface area contributed by atoms with Crippen LogP contribution in [0.2, 0.25) is 12.8 Å². The summed E-state index contributed by atoms with van der Waals surface area (Å²) in [6.07, 6.45) is 14.8. The van der Waals surface area contributed by atoms with Crippen molar-refractivity contribution in [3.8, 4) is 0 Å². The van der Waals surface area contributed by atoms with E-state index in [0.717, 1.165) is 3.93 Å². The van der Waals surface area contributed by atoms with Gasteiger partial charge in [-0.15, -0.1) is 0 Å². The number of carbonyl (C=O) groups is 1. The first-order chi connectivity index (χ1) is 11.7. The molecule has 0 aromatic carbocycles. The van der Waals surface area contributed by atoms with Crippen LogP contribution in [0.1, 0.15) is 82.0 Å². The molecule has 0 spiro atoms. The predicted octanol–water partition coefficient (Wildman–Crippen LogP) is 6.12. The summed E-state index contributed by atoms with van der Waals surface area (Å²) in [5.74, 6) is -0.0778. The Morgan fingerprint density at radius 3 is 2.21 bits per heavy atom. The Hall–Kier alpha value is -0.581. The Bertz CT molecular complexity index is 478. The summed E-state index contributed by atoms with van der Waals surface area (Å²) in [5, 5.41) is 0. The number of carbonyl (C=O) groups excluding carboxylic acids is 1. The topological polar surface area (TPSA) is 39.2 Å². The maximum atomic E-state index is 12.8. The van der Waals surface area contributed by atoms with Gasteiger partial charge in [0.2, 0.25) is 0 Å². The average molecular weight is 438 g/mol. The maximum absolute atomic E-state index is 12.8. The van der Waals surface area contributed by atoms with Gasteiger partial charge in [-0.05, 0) is 0 Å². The van der Waals surface area contributed by atoms with E-state index in [1.165, 1.54) is 66.7 Å². The first-order valence-electron chi connectivity index (χ1n) is 9.85. The van der Waals surface area contributed by atoms with Crippen molar-refractivity contribution in [1.82, 2.24) is 4.98 Å². The summed E-state index contributed by atoms with van der Waals surface area (Å²) in [7, 11) is 0. The predicted molar refractivity (Wildman–Crippen MR) is 102 cm³/mol. The van der Waals surface area contributed by atoms with Gasteiger partial charge in [0.1, 0.15) is 0 Å². The molecule has 0 aliphatic heterocycles. The van der Waals surface area contributed by atoms with E-state index in [2.05, 4.69) is 18.8 Å². The summed E-state index contributed by atoms with van der Waals surface area (Å²) in [5.41, 5.74) is 0.676. The molecule has 1 aliphatic rings. The number of unbranched alkanes of at least 4 members (excludes halogenated alkanes) is 2. The van der Waals surface area contributed by atoms with Crippen molar-refractivity contribution < 1.29 is 7.87 Å². The minimum atomic E-state index is -2.96. The fourth-order valence-corrected chi connectivity index (χ4v) is 19.1. The van der Waals surface area contributed by atoms with Crippen LogP contribution in [-0.2, 0) is 3.07 Å². The summed E-state index contributed by atoms with van der Waals surface area (Å²) < 4.78 is 9.67. The van der Waals surface area contributed by atoms with E-state index in [0.29, 0.717) is 5.56 Å². The van der Waals surface area contributed by atoms with Crippen LogP contribution in [0.25, 0.3) is 0 Å². The van der Waals surface area contributed by atoms with Gasteiger partial charge in [0.25, 0.3) is 0 Å². The molecule has 2 rings (SSSR count). The average Bonchev–Trinajstić information content (AvgIpc) is 2.65. The summed E-state index contributed by atoms with van der Waals surface area (Å²) >= 11 is -2.96. The van der Waals surface area contributed by atoms with Crippen LogP contribution in [0.4, 0.5) is 0 Å². The van der Waals surface area contributed by atoms with Gasteiger partial charge in [0, 0.05) is 0 Å². The first-order valence-corrected chi connectivity index (χ1v) is 16.7. The van der Waals surface area contributed by atoms with Crippen LogP contribution >= 0.6 is 0 Å². The number of pyridine rings is 1. The molecule has 0 radical (unpaired) electrons. The molecule has 0 atom stereocenters. The zero-order valence-electron chi connectivity index (χ0n) is 15.4. The fourth-order valence-electron chi connectivity index (χ4n) is 4.03. The van der Waals surface area contributed by atoms with E-state index >= 15 is 0 Å². The molecule has 4 heteroatoms. The zero-order chi connectivity index (χ0) is 17.3. The SMILES string of the molecule is CCC[CH2][Sn]([CH2]CCC)([O]C(=O)c1ccncc1)[CH]1CCCCC1. The van der Waals surface area contributed by atoms with Gasteiger partial charge in [-0.2, -0.15) is 0 Å². The van der Waals surface area contributed by atoms with Crippen molar-refractivity contribution in [2.24, 2.45) is 0 Å². The Morgan fingerprint density at radius 1 is 1.08 bits per heavy atom. The molecule has 1 heterocycles. The molecule has 1 aromatic rings. The van der Waals surface area contributed by atoms with Crippen molar-refractivity contribution in [2.45, 2.75) is 84.4 Å². The van der Waals surface area contributed by atoms with Crippen molar-refractivity contribution >= 4 is 24.8 Å². The molecule has 3 nitrogen and oxygen atoms in total. The molecule has 0 bridgehead atoms. The van der Waals surface area contributed by atoms with Gasteiger partial charge in [-0.1, -0.05) is 0 Å². The zero-order valence-corrected chi connectivity index (χ0v) is 18.3. The van der Waals surface area contributed by atoms with Gasteiger partial charge in [-0.3, -0.25) is 0 Å². The van der Waals surface area contributed by atoms with Crippen LogP contribution < -0.4 is 0 Å². The van der Waals surface area contributed by atoms with E-state index in [-0.39, 0.29) is 5.97 Å². The van der Waals surface area contributed by atoms with Gasteiger partial charge in [0.15, 0.2) is 0 Å². The van der Waals surface area contributed by atoms with E-state index in [9.17, 15) is 4.79 Å². The minimum absolute atomic E-state index is 0.0778. The van der Waals surface area contributed by atoms with Crippen molar-refractivity contribution in [1.29, 1.82) is 0 Å². The molecular weight excluding hydrogens is 405 g/mol. The number of nitrogens with zero attached hydrogens (tertiary/aromatic N) is 1. The molecule has 24 heavy (non-hydrogen) atoms. The Balaban J connectivity index is 2.22. The van der Waals surface area contributed by atoms with E-state index in [1.54, 1.807) is 24.5 Å². The van der Waals surface area contributed by atoms with Gasteiger partial charge >= 0.3 is 152 Å². The quantitative estimate of drug-likeness (QED) is 0.437. The molecule has 1 fully saturated rings. The third kappa shape index (κ3) is 5.47. The second-order valence-corrected chi connectivity index (χ2v) is 19.1. The summed E-state index contributed by atoms with van der Waals surface area (Å²) in [6, 6.07) is 3.58. The molecule has 0 saturated heterocycles. The van der Waals surface area contributed by atoms with E-state index in [1.807, 2.05) is 0 Å². The van der Waals surface area contributed by atoms with Crippen molar-refractivity contribution in [3.05, 3.63) is 30.1 Å². The number of hydrogen-bond acceptors (Lipinski definition) is 3. The van der Waals surface area contributed by atoms with E-state index < -0.39 is 18.8 Å². The van der Waals surface area contributed by atoms with Crippen LogP contribution in [-0.4, -0.2) is 29.7 Å². The second kappa shape index (κ2) is 10.4. The Morgan fingerprint density at radius 2 is 1.67 bits per heavy atom. The summed E-state index contributed by atoms with van der Waals surface area (Å²) in [4.78, 5) is 16.9.